The number of Topliss-reactive ketones (excluding diaryl/α,β-unsaturated/α-hetero) is 1. The maximum atomic E-state index is 14.0. The number of carbonyl (C=O) groups excluding carboxylic acids is 1. The fraction of sp³-hybridized carbons (Fsp3) is 0.316. The highest BCUT2D eigenvalue weighted by Gasteiger charge is 2.22. The largest absolute Gasteiger partial charge is 0.368 e. The van der Waals surface area contributed by atoms with Gasteiger partial charge in [0, 0.05) is 37.7 Å². The summed E-state index contributed by atoms with van der Waals surface area (Å²) in [5, 5.41) is 0.747. The first-order valence-corrected chi connectivity index (χ1v) is 8.43. The number of halogens is 2. The standard InChI is InChI=1S/C19H20ClFN2O/c1-14(24)19-17(21)6-3-7-18(19)23-10-8-22(9-11-23)13-15-4-2-5-16(20)12-15/h2-7,12H,8-11,13H2,1H3. The van der Waals surface area contributed by atoms with Crippen LogP contribution in [0.5, 0.6) is 0 Å². The minimum Gasteiger partial charge on any atom is -0.368 e. The molecule has 1 fully saturated rings. The van der Waals surface area contributed by atoms with Crippen LogP contribution in [0.2, 0.25) is 5.02 Å². The van der Waals surface area contributed by atoms with Gasteiger partial charge in [0.05, 0.1) is 11.3 Å². The van der Waals surface area contributed by atoms with Gasteiger partial charge in [-0.1, -0.05) is 29.8 Å². The summed E-state index contributed by atoms with van der Waals surface area (Å²) in [6.07, 6.45) is 0. The lowest BCUT2D eigenvalue weighted by Crippen LogP contribution is -2.46. The highest BCUT2D eigenvalue weighted by Crippen LogP contribution is 2.25. The Kier molecular flexibility index (Phi) is 5.17. The molecular weight excluding hydrogens is 327 g/mol. The summed E-state index contributed by atoms with van der Waals surface area (Å²) in [7, 11) is 0. The van der Waals surface area contributed by atoms with E-state index in [1.807, 2.05) is 24.3 Å². The normalized spacial score (nSPS) is 15.5. The molecule has 0 spiro atoms. The molecule has 0 amide bonds. The quantitative estimate of drug-likeness (QED) is 0.782. The smallest absolute Gasteiger partial charge is 0.164 e. The van der Waals surface area contributed by atoms with Gasteiger partial charge in [0.1, 0.15) is 5.82 Å². The lowest BCUT2D eigenvalue weighted by atomic mass is 10.1. The van der Waals surface area contributed by atoms with Gasteiger partial charge in [0.15, 0.2) is 5.78 Å². The van der Waals surface area contributed by atoms with Gasteiger partial charge in [-0.2, -0.15) is 0 Å². The van der Waals surface area contributed by atoms with E-state index in [0.29, 0.717) is 5.69 Å². The van der Waals surface area contributed by atoms with Crippen LogP contribution in [0.15, 0.2) is 42.5 Å². The van der Waals surface area contributed by atoms with E-state index in [4.69, 9.17) is 11.6 Å². The van der Waals surface area contributed by atoms with Gasteiger partial charge in [0.2, 0.25) is 0 Å². The number of hydrogen-bond acceptors (Lipinski definition) is 3. The minimum atomic E-state index is -0.443. The van der Waals surface area contributed by atoms with Crippen LogP contribution in [0.4, 0.5) is 10.1 Å². The Bertz CT molecular complexity index is 742. The fourth-order valence-electron chi connectivity index (χ4n) is 3.17. The summed E-state index contributed by atoms with van der Waals surface area (Å²) in [4.78, 5) is 16.2. The number of rotatable bonds is 4. The molecule has 0 bridgehead atoms. The third-order valence-electron chi connectivity index (χ3n) is 4.35. The monoisotopic (exact) mass is 346 g/mol. The third kappa shape index (κ3) is 3.77. The number of nitrogens with zero attached hydrogens (tertiary/aromatic N) is 2. The van der Waals surface area contributed by atoms with Gasteiger partial charge >= 0.3 is 0 Å². The highest BCUT2D eigenvalue weighted by atomic mass is 35.5. The molecule has 1 saturated heterocycles. The predicted octanol–water partition coefficient (Wildman–Crippen LogP) is 4.00. The molecule has 24 heavy (non-hydrogen) atoms. The summed E-state index contributed by atoms with van der Waals surface area (Å²) < 4.78 is 14.0. The first-order chi connectivity index (χ1) is 11.5. The average molecular weight is 347 g/mol. The molecular formula is C19H20ClFN2O. The van der Waals surface area contributed by atoms with E-state index in [0.717, 1.165) is 37.7 Å². The molecule has 126 valence electrons. The van der Waals surface area contributed by atoms with E-state index < -0.39 is 5.82 Å². The Balaban J connectivity index is 1.67. The second-order valence-corrected chi connectivity index (χ2v) is 6.52. The van der Waals surface area contributed by atoms with Gasteiger partial charge in [-0.25, -0.2) is 4.39 Å². The molecule has 0 saturated carbocycles. The van der Waals surface area contributed by atoms with Crippen molar-refractivity contribution >= 4 is 23.1 Å². The van der Waals surface area contributed by atoms with Crippen LogP contribution in [-0.2, 0) is 6.54 Å². The van der Waals surface area contributed by atoms with Gasteiger partial charge < -0.3 is 4.90 Å². The molecule has 0 radical (unpaired) electrons. The zero-order chi connectivity index (χ0) is 17.1. The number of anilines is 1. The van der Waals surface area contributed by atoms with Crippen molar-refractivity contribution in [2.24, 2.45) is 0 Å². The summed E-state index contributed by atoms with van der Waals surface area (Å²) in [6.45, 7) is 5.52. The molecule has 3 rings (SSSR count). The van der Waals surface area contributed by atoms with Crippen LogP contribution in [-0.4, -0.2) is 36.9 Å². The maximum absolute atomic E-state index is 14.0. The van der Waals surface area contributed by atoms with Crippen LogP contribution in [0.25, 0.3) is 0 Å². The molecule has 1 heterocycles. The van der Waals surface area contributed by atoms with Crippen molar-refractivity contribution in [2.75, 3.05) is 31.1 Å². The number of hydrogen-bond donors (Lipinski definition) is 0. The molecule has 5 heteroatoms. The van der Waals surface area contributed by atoms with E-state index in [2.05, 4.69) is 15.9 Å². The van der Waals surface area contributed by atoms with Crippen molar-refractivity contribution in [2.45, 2.75) is 13.5 Å². The van der Waals surface area contributed by atoms with Gasteiger partial charge in [0.25, 0.3) is 0 Å². The zero-order valence-corrected chi connectivity index (χ0v) is 14.4. The summed E-state index contributed by atoms with van der Waals surface area (Å²) in [6, 6.07) is 12.7. The van der Waals surface area contributed by atoms with Crippen LogP contribution in [0.3, 0.4) is 0 Å². The van der Waals surface area contributed by atoms with Crippen molar-refractivity contribution < 1.29 is 9.18 Å². The van der Waals surface area contributed by atoms with Crippen molar-refractivity contribution in [1.82, 2.24) is 4.90 Å². The SMILES string of the molecule is CC(=O)c1c(F)cccc1N1CCN(Cc2cccc(Cl)c2)CC1. The Labute approximate surface area is 146 Å². The van der Waals surface area contributed by atoms with Crippen molar-refractivity contribution in [1.29, 1.82) is 0 Å². The lowest BCUT2D eigenvalue weighted by molar-refractivity contribution is 0.101. The first-order valence-electron chi connectivity index (χ1n) is 8.06. The van der Waals surface area contributed by atoms with Crippen LogP contribution < -0.4 is 4.90 Å². The second kappa shape index (κ2) is 7.32. The van der Waals surface area contributed by atoms with Crippen molar-refractivity contribution in [3.05, 3.63) is 64.4 Å². The van der Waals surface area contributed by atoms with Crippen LogP contribution in [0, 0.1) is 5.82 Å². The number of benzene rings is 2. The number of carbonyl (C=O) groups is 1. The highest BCUT2D eigenvalue weighted by molar-refractivity contribution is 6.30. The maximum Gasteiger partial charge on any atom is 0.164 e. The lowest BCUT2D eigenvalue weighted by Gasteiger charge is -2.36. The molecule has 0 aromatic heterocycles. The third-order valence-corrected chi connectivity index (χ3v) is 4.59. The molecule has 1 aliphatic rings. The summed E-state index contributed by atoms with van der Waals surface area (Å²) in [5.41, 5.74) is 2.08. The summed E-state index contributed by atoms with van der Waals surface area (Å²) >= 11 is 6.03. The van der Waals surface area contributed by atoms with Crippen molar-refractivity contribution in [3.63, 3.8) is 0 Å². The fourth-order valence-corrected chi connectivity index (χ4v) is 3.38. The average Bonchev–Trinajstić information content (AvgIpc) is 2.55. The predicted molar refractivity (Wildman–Crippen MR) is 95.3 cm³/mol. The number of ketones is 1. The molecule has 2 aromatic rings. The van der Waals surface area contributed by atoms with Crippen molar-refractivity contribution in [3.8, 4) is 0 Å². The first kappa shape index (κ1) is 16.9. The van der Waals surface area contributed by atoms with Crippen LogP contribution >= 0.6 is 11.6 Å². The van der Waals surface area contributed by atoms with E-state index >= 15 is 0 Å². The molecule has 2 aromatic carbocycles. The van der Waals surface area contributed by atoms with Gasteiger partial charge in [-0.15, -0.1) is 0 Å². The molecule has 0 aliphatic carbocycles. The number of piperazine rings is 1. The van der Waals surface area contributed by atoms with E-state index in [1.165, 1.54) is 18.6 Å². The van der Waals surface area contributed by atoms with E-state index in [1.54, 1.807) is 6.07 Å². The zero-order valence-electron chi connectivity index (χ0n) is 13.6. The van der Waals surface area contributed by atoms with E-state index in [9.17, 15) is 9.18 Å². The Morgan fingerprint density at radius 3 is 2.50 bits per heavy atom. The molecule has 0 atom stereocenters. The minimum absolute atomic E-state index is 0.195. The Hall–Kier alpha value is -1.91. The van der Waals surface area contributed by atoms with E-state index in [-0.39, 0.29) is 11.3 Å². The summed E-state index contributed by atoms with van der Waals surface area (Å²) in [5.74, 6) is -0.675. The second-order valence-electron chi connectivity index (χ2n) is 6.08. The molecule has 0 N–H and O–H groups in total. The Morgan fingerprint density at radius 2 is 1.83 bits per heavy atom. The van der Waals surface area contributed by atoms with Gasteiger partial charge in [-0.05, 0) is 36.8 Å². The van der Waals surface area contributed by atoms with Crippen LogP contribution in [0.1, 0.15) is 22.8 Å². The molecule has 1 aliphatic heterocycles. The van der Waals surface area contributed by atoms with Gasteiger partial charge in [-0.3, -0.25) is 9.69 Å². The topological polar surface area (TPSA) is 23.6 Å². The molecule has 3 nitrogen and oxygen atoms in total. The Morgan fingerprint density at radius 1 is 1.12 bits per heavy atom. The molecule has 0 unspecified atom stereocenters.